The number of halogens is 1. The molecule has 100 valence electrons. The number of carboxylic acid groups (broad SMARTS) is 1. The molecule has 0 spiro atoms. The Kier molecular flexibility index (Phi) is 5.09. The number of rotatable bonds is 6. The highest BCUT2D eigenvalue weighted by atomic mass is 19.1. The van der Waals surface area contributed by atoms with Gasteiger partial charge in [-0.1, -0.05) is 18.2 Å². The third-order valence-electron chi connectivity index (χ3n) is 2.78. The minimum Gasteiger partial charge on any atom is -0.496 e. The van der Waals surface area contributed by atoms with Crippen molar-refractivity contribution < 1.29 is 19.0 Å². The van der Waals surface area contributed by atoms with Gasteiger partial charge in [0.15, 0.2) is 0 Å². The molecule has 0 aliphatic heterocycles. The molecular weight excluding hydrogens is 237 g/mol. The van der Waals surface area contributed by atoms with Crippen LogP contribution in [0.2, 0.25) is 0 Å². The summed E-state index contributed by atoms with van der Waals surface area (Å²) in [6.07, 6.45) is -0.901. The van der Waals surface area contributed by atoms with Gasteiger partial charge in [-0.15, -0.1) is 0 Å². The number of carbonyl (C=O) groups is 1. The average Bonchev–Trinajstić information content (AvgIpc) is 2.34. The van der Waals surface area contributed by atoms with Gasteiger partial charge in [0.25, 0.3) is 0 Å². The molecule has 1 aromatic rings. The van der Waals surface area contributed by atoms with Crippen molar-refractivity contribution in [2.45, 2.75) is 32.0 Å². The number of hydrogen-bond acceptors (Lipinski definition) is 3. The van der Waals surface area contributed by atoms with Gasteiger partial charge in [0.1, 0.15) is 11.9 Å². The van der Waals surface area contributed by atoms with Crippen molar-refractivity contribution in [3.8, 4) is 5.75 Å². The fourth-order valence-corrected chi connectivity index (χ4v) is 1.85. The SMILES string of the molecule is COc1c(C(C)F)cccc1C(N)CCC(=O)O. The van der Waals surface area contributed by atoms with Crippen LogP contribution in [0.15, 0.2) is 18.2 Å². The lowest BCUT2D eigenvalue weighted by Gasteiger charge is -2.18. The quantitative estimate of drug-likeness (QED) is 0.819. The zero-order valence-corrected chi connectivity index (χ0v) is 10.5. The summed E-state index contributed by atoms with van der Waals surface area (Å²) in [4.78, 5) is 10.5. The molecule has 2 atom stereocenters. The van der Waals surface area contributed by atoms with Crippen LogP contribution < -0.4 is 10.5 Å². The number of alkyl halides is 1. The smallest absolute Gasteiger partial charge is 0.303 e. The lowest BCUT2D eigenvalue weighted by molar-refractivity contribution is -0.137. The molecule has 0 radical (unpaired) electrons. The van der Waals surface area contributed by atoms with Crippen LogP contribution >= 0.6 is 0 Å². The fourth-order valence-electron chi connectivity index (χ4n) is 1.85. The highest BCUT2D eigenvalue weighted by Crippen LogP contribution is 2.34. The Balaban J connectivity index is 3.00. The van der Waals surface area contributed by atoms with E-state index < -0.39 is 18.2 Å². The van der Waals surface area contributed by atoms with Crippen LogP contribution in [-0.4, -0.2) is 18.2 Å². The second-order valence-corrected chi connectivity index (χ2v) is 4.12. The van der Waals surface area contributed by atoms with E-state index in [0.29, 0.717) is 16.9 Å². The Morgan fingerprint density at radius 3 is 2.61 bits per heavy atom. The van der Waals surface area contributed by atoms with E-state index in [2.05, 4.69) is 0 Å². The van der Waals surface area contributed by atoms with Gasteiger partial charge in [0, 0.05) is 23.6 Å². The highest BCUT2D eigenvalue weighted by molar-refractivity contribution is 5.66. The first-order chi connectivity index (χ1) is 8.47. The summed E-state index contributed by atoms with van der Waals surface area (Å²) in [5.74, 6) is -0.496. The van der Waals surface area contributed by atoms with Crippen LogP contribution in [0.4, 0.5) is 4.39 Å². The summed E-state index contributed by atoms with van der Waals surface area (Å²) in [7, 11) is 1.45. The minimum atomic E-state index is -1.16. The normalized spacial score (nSPS) is 14.0. The summed E-state index contributed by atoms with van der Waals surface area (Å²) in [6.45, 7) is 1.42. The fraction of sp³-hybridized carbons (Fsp3) is 0.462. The Morgan fingerprint density at radius 2 is 2.11 bits per heavy atom. The van der Waals surface area contributed by atoms with Gasteiger partial charge in [-0.3, -0.25) is 4.79 Å². The highest BCUT2D eigenvalue weighted by Gasteiger charge is 2.18. The molecule has 1 rings (SSSR count). The summed E-state index contributed by atoms with van der Waals surface area (Å²) < 4.78 is 18.6. The molecule has 0 aromatic heterocycles. The number of benzene rings is 1. The molecule has 4 nitrogen and oxygen atoms in total. The van der Waals surface area contributed by atoms with Crippen molar-refractivity contribution in [2.75, 3.05) is 7.11 Å². The van der Waals surface area contributed by atoms with E-state index in [9.17, 15) is 9.18 Å². The Labute approximate surface area is 106 Å². The third kappa shape index (κ3) is 3.43. The number of methoxy groups -OCH3 is 1. The van der Waals surface area contributed by atoms with Crippen molar-refractivity contribution in [1.29, 1.82) is 0 Å². The Hall–Kier alpha value is -1.62. The minimum absolute atomic E-state index is 0.0280. The van der Waals surface area contributed by atoms with Crippen molar-refractivity contribution in [3.05, 3.63) is 29.3 Å². The van der Waals surface area contributed by atoms with Gasteiger partial charge < -0.3 is 15.6 Å². The number of carboxylic acids is 1. The molecule has 5 heteroatoms. The zero-order chi connectivity index (χ0) is 13.7. The predicted octanol–water partition coefficient (Wildman–Crippen LogP) is 2.59. The van der Waals surface area contributed by atoms with E-state index in [4.69, 9.17) is 15.6 Å². The molecule has 0 saturated carbocycles. The molecule has 3 N–H and O–H groups in total. The number of hydrogen-bond donors (Lipinski definition) is 2. The van der Waals surface area contributed by atoms with Crippen molar-refractivity contribution in [3.63, 3.8) is 0 Å². The standard InChI is InChI=1S/C13H18FNO3/c1-8(14)9-4-3-5-10(13(9)18-2)11(15)6-7-12(16)17/h3-5,8,11H,6-7,15H2,1-2H3,(H,16,17). The molecule has 0 aliphatic carbocycles. The number of ether oxygens (including phenoxy) is 1. The second kappa shape index (κ2) is 6.35. The van der Waals surface area contributed by atoms with E-state index in [1.165, 1.54) is 14.0 Å². The van der Waals surface area contributed by atoms with E-state index in [1.54, 1.807) is 18.2 Å². The molecule has 0 bridgehead atoms. The molecule has 1 aromatic carbocycles. The monoisotopic (exact) mass is 255 g/mol. The van der Waals surface area contributed by atoms with Crippen LogP contribution in [-0.2, 0) is 4.79 Å². The number of nitrogens with two attached hydrogens (primary N) is 1. The molecule has 0 heterocycles. The van der Waals surface area contributed by atoms with E-state index >= 15 is 0 Å². The topological polar surface area (TPSA) is 72.5 Å². The first kappa shape index (κ1) is 14.4. The van der Waals surface area contributed by atoms with Gasteiger partial charge in [0.05, 0.1) is 7.11 Å². The van der Waals surface area contributed by atoms with Crippen molar-refractivity contribution >= 4 is 5.97 Å². The van der Waals surface area contributed by atoms with Crippen molar-refractivity contribution in [1.82, 2.24) is 0 Å². The van der Waals surface area contributed by atoms with Crippen LogP contribution in [0.25, 0.3) is 0 Å². The van der Waals surface area contributed by atoms with Crippen molar-refractivity contribution in [2.24, 2.45) is 5.73 Å². The van der Waals surface area contributed by atoms with Gasteiger partial charge >= 0.3 is 5.97 Å². The maximum Gasteiger partial charge on any atom is 0.303 e. The van der Waals surface area contributed by atoms with Crippen LogP contribution in [0.1, 0.15) is 43.1 Å². The Morgan fingerprint density at radius 1 is 1.50 bits per heavy atom. The number of aliphatic carboxylic acids is 1. The summed E-state index contributed by atoms with van der Waals surface area (Å²) >= 11 is 0. The maximum absolute atomic E-state index is 13.4. The first-order valence-electron chi connectivity index (χ1n) is 5.75. The van der Waals surface area contributed by atoms with E-state index in [-0.39, 0.29) is 12.8 Å². The van der Waals surface area contributed by atoms with E-state index in [0.717, 1.165) is 0 Å². The third-order valence-corrected chi connectivity index (χ3v) is 2.78. The second-order valence-electron chi connectivity index (χ2n) is 4.12. The maximum atomic E-state index is 13.4. The summed E-state index contributed by atoms with van der Waals surface area (Å²) in [5.41, 5.74) is 6.99. The average molecular weight is 255 g/mol. The van der Waals surface area contributed by atoms with Gasteiger partial charge in [-0.2, -0.15) is 0 Å². The molecule has 2 unspecified atom stereocenters. The lowest BCUT2D eigenvalue weighted by atomic mass is 9.97. The van der Waals surface area contributed by atoms with Crippen LogP contribution in [0.3, 0.4) is 0 Å². The summed E-state index contributed by atoms with van der Waals surface area (Å²) in [5, 5.41) is 8.63. The zero-order valence-electron chi connectivity index (χ0n) is 10.5. The van der Waals surface area contributed by atoms with Gasteiger partial charge in [0.2, 0.25) is 0 Å². The number of para-hydroxylation sites is 1. The van der Waals surface area contributed by atoms with Gasteiger partial charge in [-0.25, -0.2) is 4.39 Å². The van der Waals surface area contributed by atoms with E-state index in [1.807, 2.05) is 0 Å². The summed E-state index contributed by atoms with van der Waals surface area (Å²) in [6, 6.07) is 4.59. The molecule has 18 heavy (non-hydrogen) atoms. The van der Waals surface area contributed by atoms with Crippen LogP contribution in [0, 0.1) is 0 Å². The molecule has 0 saturated heterocycles. The van der Waals surface area contributed by atoms with Crippen LogP contribution in [0.5, 0.6) is 5.75 Å². The first-order valence-corrected chi connectivity index (χ1v) is 5.75. The largest absolute Gasteiger partial charge is 0.496 e. The lowest BCUT2D eigenvalue weighted by Crippen LogP contribution is -2.14. The molecule has 0 fully saturated rings. The Bertz CT molecular complexity index is 421. The molecule has 0 aliphatic rings. The van der Waals surface area contributed by atoms with Gasteiger partial charge in [-0.05, 0) is 13.3 Å². The molecular formula is C13H18FNO3. The molecule has 0 amide bonds. The predicted molar refractivity (Wildman–Crippen MR) is 66.3 cm³/mol.